The Labute approximate surface area is 159 Å². The maximum Gasteiger partial charge on any atom is 0.338 e. The molecule has 0 unspecified atom stereocenters. The van der Waals surface area contributed by atoms with Crippen molar-refractivity contribution in [3.05, 3.63) is 54.1 Å². The van der Waals surface area contributed by atoms with Crippen LogP contribution in [0.4, 0.5) is 5.69 Å². The molecule has 0 N–H and O–H groups in total. The molecule has 0 saturated heterocycles. The van der Waals surface area contributed by atoms with Crippen molar-refractivity contribution in [1.29, 1.82) is 0 Å². The van der Waals surface area contributed by atoms with Crippen molar-refractivity contribution >= 4 is 21.7 Å². The Bertz CT molecular complexity index is 864. The van der Waals surface area contributed by atoms with Crippen molar-refractivity contribution < 1.29 is 27.4 Å². The largest absolute Gasteiger partial charge is 0.495 e. The topological polar surface area (TPSA) is 82.1 Å². The normalized spacial score (nSPS) is 11.1. The third-order valence-electron chi connectivity index (χ3n) is 3.84. The summed E-state index contributed by atoms with van der Waals surface area (Å²) >= 11 is 0. The molecule has 0 aromatic heterocycles. The van der Waals surface area contributed by atoms with E-state index in [0.717, 1.165) is 4.31 Å². The van der Waals surface area contributed by atoms with Crippen molar-refractivity contribution in [2.75, 3.05) is 38.3 Å². The first-order chi connectivity index (χ1) is 12.9. The molecule has 146 valence electrons. The number of nitrogens with zero attached hydrogens (tertiary/aromatic N) is 1. The number of anilines is 1. The van der Waals surface area contributed by atoms with Gasteiger partial charge in [-0.2, -0.15) is 0 Å². The minimum atomic E-state index is -3.81. The fraction of sp³-hybridized carbons (Fsp3) is 0.316. The Kier molecular flexibility index (Phi) is 7.20. The summed E-state index contributed by atoms with van der Waals surface area (Å²) in [5.41, 5.74) is 0.685. The van der Waals surface area contributed by atoms with E-state index in [4.69, 9.17) is 14.2 Å². The average Bonchev–Trinajstić information content (AvgIpc) is 2.70. The summed E-state index contributed by atoms with van der Waals surface area (Å²) in [4.78, 5) is 12.0. The minimum Gasteiger partial charge on any atom is -0.495 e. The number of hydrogen-bond donors (Lipinski definition) is 0. The highest BCUT2D eigenvalue weighted by Crippen LogP contribution is 2.30. The van der Waals surface area contributed by atoms with Crippen molar-refractivity contribution in [2.24, 2.45) is 0 Å². The van der Waals surface area contributed by atoms with Gasteiger partial charge in [0.25, 0.3) is 10.0 Å². The van der Waals surface area contributed by atoms with Crippen LogP contribution in [0.15, 0.2) is 53.4 Å². The van der Waals surface area contributed by atoms with E-state index in [9.17, 15) is 13.2 Å². The van der Waals surface area contributed by atoms with E-state index in [1.807, 2.05) is 6.92 Å². The zero-order chi connectivity index (χ0) is 19.9. The first-order valence-corrected chi connectivity index (χ1v) is 9.82. The van der Waals surface area contributed by atoms with E-state index >= 15 is 0 Å². The van der Waals surface area contributed by atoms with E-state index in [0.29, 0.717) is 24.7 Å². The van der Waals surface area contributed by atoms with Gasteiger partial charge in [0, 0.05) is 13.7 Å². The molecule has 0 heterocycles. The van der Waals surface area contributed by atoms with Gasteiger partial charge in [-0.15, -0.1) is 0 Å². The summed E-state index contributed by atoms with van der Waals surface area (Å²) in [5, 5.41) is 0. The second-order valence-electron chi connectivity index (χ2n) is 5.50. The van der Waals surface area contributed by atoms with Crippen LogP contribution in [0.3, 0.4) is 0 Å². The molecule has 0 fully saturated rings. The van der Waals surface area contributed by atoms with Crippen LogP contribution in [-0.4, -0.2) is 48.4 Å². The molecule has 2 aromatic carbocycles. The molecule has 8 heteroatoms. The van der Waals surface area contributed by atoms with Crippen LogP contribution in [0.5, 0.6) is 5.75 Å². The van der Waals surface area contributed by atoms with Gasteiger partial charge in [0.05, 0.1) is 29.9 Å². The van der Waals surface area contributed by atoms with Crippen molar-refractivity contribution in [1.82, 2.24) is 0 Å². The number of methoxy groups -OCH3 is 1. The van der Waals surface area contributed by atoms with Crippen LogP contribution in [0.1, 0.15) is 17.3 Å². The van der Waals surface area contributed by atoms with Gasteiger partial charge in [-0.1, -0.05) is 12.1 Å². The fourth-order valence-corrected chi connectivity index (χ4v) is 3.57. The minimum absolute atomic E-state index is 0.0572. The molecule has 7 nitrogen and oxygen atoms in total. The van der Waals surface area contributed by atoms with E-state index in [-0.39, 0.29) is 17.1 Å². The van der Waals surface area contributed by atoms with Crippen molar-refractivity contribution in [3.8, 4) is 5.75 Å². The Morgan fingerprint density at radius 3 is 2.33 bits per heavy atom. The lowest BCUT2D eigenvalue weighted by Crippen LogP contribution is -2.27. The van der Waals surface area contributed by atoms with Gasteiger partial charge in [0.1, 0.15) is 12.4 Å². The van der Waals surface area contributed by atoms with Gasteiger partial charge in [0.2, 0.25) is 0 Å². The molecular weight excluding hydrogens is 370 g/mol. The number of carbonyl (C=O) groups excluding carboxylic acids is 1. The third-order valence-corrected chi connectivity index (χ3v) is 5.62. The standard InChI is InChI=1S/C19H23NO6S/c1-4-25-13-14-26-19(21)15-9-11-16(12-10-15)27(22,23)20(2)17-7-5-6-8-18(17)24-3/h5-12H,4,13-14H2,1-3H3. The number of sulfonamides is 1. The molecule has 0 spiro atoms. The second-order valence-corrected chi connectivity index (χ2v) is 7.47. The molecule has 0 aliphatic heterocycles. The van der Waals surface area contributed by atoms with Gasteiger partial charge >= 0.3 is 5.97 Å². The Morgan fingerprint density at radius 2 is 1.70 bits per heavy atom. The Hall–Kier alpha value is -2.58. The predicted molar refractivity (Wildman–Crippen MR) is 102 cm³/mol. The molecule has 0 saturated carbocycles. The summed E-state index contributed by atoms with van der Waals surface area (Å²) in [5.74, 6) is -0.0881. The summed E-state index contributed by atoms with van der Waals surface area (Å²) in [6.07, 6.45) is 0. The zero-order valence-corrected chi connectivity index (χ0v) is 16.4. The highest BCUT2D eigenvalue weighted by Gasteiger charge is 2.24. The number of para-hydroxylation sites is 2. The number of esters is 1. The average molecular weight is 393 g/mol. The lowest BCUT2D eigenvalue weighted by Gasteiger charge is -2.21. The molecule has 0 atom stereocenters. The highest BCUT2D eigenvalue weighted by atomic mass is 32.2. The lowest BCUT2D eigenvalue weighted by molar-refractivity contribution is 0.0335. The van der Waals surface area contributed by atoms with Gasteiger partial charge in [0.15, 0.2) is 0 Å². The second kappa shape index (κ2) is 9.38. The number of benzene rings is 2. The van der Waals surface area contributed by atoms with Gasteiger partial charge in [-0.25, -0.2) is 13.2 Å². The smallest absolute Gasteiger partial charge is 0.338 e. The van der Waals surface area contributed by atoms with Crippen molar-refractivity contribution in [3.63, 3.8) is 0 Å². The monoisotopic (exact) mass is 393 g/mol. The summed E-state index contributed by atoms with van der Waals surface area (Å²) in [6.45, 7) is 2.86. The quantitative estimate of drug-likeness (QED) is 0.481. The van der Waals surface area contributed by atoms with E-state index in [1.54, 1.807) is 24.3 Å². The van der Waals surface area contributed by atoms with E-state index < -0.39 is 16.0 Å². The van der Waals surface area contributed by atoms with Crippen LogP contribution in [-0.2, 0) is 19.5 Å². The molecule has 2 rings (SSSR count). The number of carbonyl (C=O) groups is 1. The summed E-state index contributed by atoms with van der Waals surface area (Å²) in [6, 6.07) is 12.4. The first-order valence-electron chi connectivity index (χ1n) is 8.38. The molecule has 2 aromatic rings. The van der Waals surface area contributed by atoms with Gasteiger partial charge < -0.3 is 14.2 Å². The first kappa shape index (κ1) is 20.7. The van der Waals surface area contributed by atoms with E-state index in [2.05, 4.69) is 0 Å². The van der Waals surface area contributed by atoms with Crippen LogP contribution < -0.4 is 9.04 Å². The molecule has 27 heavy (non-hydrogen) atoms. The molecule has 0 aliphatic rings. The number of ether oxygens (including phenoxy) is 3. The van der Waals surface area contributed by atoms with Crippen LogP contribution >= 0.6 is 0 Å². The maximum absolute atomic E-state index is 12.9. The maximum atomic E-state index is 12.9. The predicted octanol–water partition coefficient (Wildman–Crippen LogP) is 2.71. The van der Waals surface area contributed by atoms with Gasteiger partial charge in [-0.05, 0) is 43.3 Å². The SMILES string of the molecule is CCOCCOC(=O)c1ccc(S(=O)(=O)N(C)c2ccccc2OC)cc1. The molecule has 0 bridgehead atoms. The third kappa shape index (κ3) is 4.99. The summed E-state index contributed by atoms with van der Waals surface area (Å²) in [7, 11) is -0.885. The zero-order valence-electron chi connectivity index (χ0n) is 15.5. The molecule has 0 amide bonds. The molecule has 0 radical (unpaired) electrons. The number of rotatable bonds is 9. The summed E-state index contributed by atoms with van der Waals surface area (Å²) < 4.78 is 42.3. The van der Waals surface area contributed by atoms with Gasteiger partial charge in [-0.3, -0.25) is 4.31 Å². The van der Waals surface area contributed by atoms with Crippen molar-refractivity contribution in [2.45, 2.75) is 11.8 Å². The van der Waals surface area contributed by atoms with Crippen LogP contribution in [0.2, 0.25) is 0 Å². The number of hydrogen-bond acceptors (Lipinski definition) is 6. The van der Waals surface area contributed by atoms with Crippen LogP contribution in [0, 0.1) is 0 Å². The lowest BCUT2D eigenvalue weighted by atomic mass is 10.2. The van der Waals surface area contributed by atoms with Crippen LogP contribution in [0.25, 0.3) is 0 Å². The molecule has 0 aliphatic carbocycles. The Morgan fingerprint density at radius 1 is 1.04 bits per heavy atom. The molecular formula is C19H23NO6S. The highest BCUT2D eigenvalue weighted by molar-refractivity contribution is 7.92. The van der Waals surface area contributed by atoms with E-state index in [1.165, 1.54) is 38.4 Å². The Balaban J connectivity index is 2.16. The fourth-order valence-electron chi connectivity index (χ4n) is 2.36.